The van der Waals surface area contributed by atoms with Crippen molar-refractivity contribution in [3.05, 3.63) is 23.1 Å². The molecule has 1 saturated carbocycles. The predicted octanol–water partition coefficient (Wildman–Crippen LogP) is 3.46. The maximum Gasteiger partial charge on any atom is 0.161 e. The van der Waals surface area contributed by atoms with E-state index in [0.717, 1.165) is 17.0 Å². The number of alkyl halides is 1. The zero-order chi connectivity index (χ0) is 12.2. The molecule has 0 amide bonds. The molecular weight excluding hydrogens is 241 g/mol. The monoisotopic (exact) mass is 253 g/mol. The minimum Gasteiger partial charge on any atom is -0.310 e. The summed E-state index contributed by atoms with van der Waals surface area (Å²) in [7, 11) is 0. The Morgan fingerprint density at radius 1 is 1.41 bits per heavy atom. The molecule has 17 heavy (non-hydrogen) atoms. The minimum atomic E-state index is -1.05. The summed E-state index contributed by atoms with van der Waals surface area (Å²) in [5.41, 5.74) is 0.529. The van der Waals surface area contributed by atoms with Gasteiger partial charge in [0.2, 0.25) is 0 Å². The number of aromatic nitrogens is 3. The first kappa shape index (κ1) is 11.0. The van der Waals surface area contributed by atoms with E-state index in [0.29, 0.717) is 18.0 Å². The van der Waals surface area contributed by atoms with Gasteiger partial charge in [-0.15, -0.1) is 0 Å². The second-order valence-corrected chi connectivity index (χ2v) is 5.37. The third-order valence-corrected chi connectivity index (χ3v) is 3.58. The van der Waals surface area contributed by atoms with Crippen LogP contribution in [0.25, 0.3) is 11.2 Å². The largest absolute Gasteiger partial charge is 0.310 e. The van der Waals surface area contributed by atoms with Crippen LogP contribution in [0, 0.1) is 6.92 Å². The first-order chi connectivity index (χ1) is 7.96. The van der Waals surface area contributed by atoms with E-state index < -0.39 is 5.67 Å². The molecule has 2 aromatic heterocycles. The Morgan fingerprint density at radius 3 is 2.76 bits per heavy atom. The number of hydrogen-bond donors (Lipinski definition) is 0. The second kappa shape index (κ2) is 3.42. The van der Waals surface area contributed by atoms with Crippen molar-refractivity contribution in [1.29, 1.82) is 0 Å². The fraction of sp³-hybridized carbons (Fsp3) is 0.500. The molecule has 5 heteroatoms. The fourth-order valence-corrected chi connectivity index (χ4v) is 2.75. The van der Waals surface area contributed by atoms with E-state index in [1.807, 2.05) is 17.6 Å². The zero-order valence-electron chi connectivity index (χ0n) is 9.74. The third-order valence-electron chi connectivity index (χ3n) is 3.37. The highest BCUT2D eigenvalue weighted by Gasteiger charge is 2.42. The van der Waals surface area contributed by atoms with Crippen molar-refractivity contribution in [3.8, 4) is 0 Å². The number of aryl methyl sites for hydroxylation is 1. The number of imidazole rings is 1. The van der Waals surface area contributed by atoms with E-state index in [-0.39, 0.29) is 6.04 Å². The van der Waals surface area contributed by atoms with Crippen molar-refractivity contribution in [2.75, 3.05) is 0 Å². The van der Waals surface area contributed by atoms with Gasteiger partial charge in [0.05, 0.1) is 0 Å². The highest BCUT2D eigenvalue weighted by Crippen LogP contribution is 2.45. The first-order valence-corrected chi connectivity index (χ1v) is 6.04. The summed E-state index contributed by atoms with van der Waals surface area (Å²) in [4.78, 5) is 8.71. The molecule has 90 valence electrons. The normalized spacial score (nSPS) is 28.4. The van der Waals surface area contributed by atoms with E-state index in [2.05, 4.69) is 9.97 Å². The van der Waals surface area contributed by atoms with E-state index in [1.54, 1.807) is 13.0 Å². The molecule has 0 saturated heterocycles. The topological polar surface area (TPSA) is 30.7 Å². The molecule has 2 heterocycles. The van der Waals surface area contributed by atoms with Gasteiger partial charge >= 0.3 is 0 Å². The second-order valence-electron chi connectivity index (χ2n) is 4.98. The van der Waals surface area contributed by atoms with Crippen molar-refractivity contribution >= 4 is 22.8 Å². The van der Waals surface area contributed by atoms with E-state index in [9.17, 15) is 4.39 Å². The lowest BCUT2D eigenvalue weighted by Crippen LogP contribution is -2.38. The van der Waals surface area contributed by atoms with Crippen molar-refractivity contribution in [2.45, 2.75) is 38.4 Å². The molecule has 3 rings (SSSR count). The molecule has 1 fully saturated rings. The summed E-state index contributed by atoms with van der Waals surface area (Å²) in [6.07, 6.45) is 1.04. The summed E-state index contributed by atoms with van der Waals surface area (Å²) in [6.45, 7) is 3.56. The van der Waals surface area contributed by atoms with Crippen molar-refractivity contribution in [3.63, 3.8) is 0 Å². The maximum atomic E-state index is 13.6. The molecule has 0 radical (unpaired) electrons. The number of pyridine rings is 1. The molecule has 0 unspecified atom stereocenters. The maximum absolute atomic E-state index is 13.6. The van der Waals surface area contributed by atoms with Crippen LogP contribution in [0.3, 0.4) is 0 Å². The van der Waals surface area contributed by atoms with Crippen molar-refractivity contribution in [2.24, 2.45) is 0 Å². The summed E-state index contributed by atoms with van der Waals surface area (Å²) in [6, 6.07) is 3.73. The molecule has 3 nitrogen and oxygen atoms in total. The van der Waals surface area contributed by atoms with Gasteiger partial charge in [0.1, 0.15) is 22.2 Å². The van der Waals surface area contributed by atoms with Gasteiger partial charge < -0.3 is 4.57 Å². The molecule has 1 aliphatic carbocycles. The van der Waals surface area contributed by atoms with Crippen LogP contribution in [0.15, 0.2) is 12.1 Å². The van der Waals surface area contributed by atoms with Gasteiger partial charge in [-0.25, -0.2) is 14.4 Å². The average molecular weight is 254 g/mol. The van der Waals surface area contributed by atoms with Crippen LogP contribution in [0.1, 0.15) is 31.6 Å². The average Bonchev–Trinajstić information content (AvgIpc) is 2.50. The summed E-state index contributed by atoms with van der Waals surface area (Å²) >= 11 is 5.90. The Balaban J connectivity index is 2.09. The van der Waals surface area contributed by atoms with Crippen molar-refractivity contribution in [1.82, 2.24) is 14.5 Å². The third kappa shape index (κ3) is 1.71. The molecule has 0 spiro atoms. The lowest BCUT2D eigenvalue weighted by atomic mass is 9.78. The minimum absolute atomic E-state index is 0.154. The molecule has 1 aliphatic rings. The van der Waals surface area contributed by atoms with Gasteiger partial charge in [-0.05, 0) is 26.0 Å². The van der Waals surface area contributed by atoms with Gasteiger partial charge in [-0.3, -0.25) is 0 Å². The predicted molar refractivity (Wildman–Crippen MR) is 65.1 cm³/mol. The number of halogens is 2. The van der Waals surface area contributed by atoms with Crippen LogP contribution in [0.4, 0.5) is 4.39 Å². The number of rotatable bonds is 1. The molecule has 0 bridgehead atoms. The SMILES string of the molecule is Cc1nc2ccc(Cl)nc2n1C1CC(C)(F)C1. The van der Waals surface area contributed by atoms with Crippen LogP contribution >= 0.6 is 11.6 Å². The van der Waals surface area contributed by atoms with Gasteiger partial charge in [0.15, 0.2) is 5.65 Å². The van der Waals surface area contributed by atoms with Gasteiger partial charge in [0.25, 0.3) is 0 Å². The summed E-state index contributed by atoms with van der Waals surface area (Å²) in [5.74, 6) is 0.871. The first-order valence-electron chi connectivity index (χ1n) is 5.66. The quantitative estimate of drug-likeness (QED) is 0.729. The van der Waals surface area contributed by atoms with Crippen LogP contribution in [-0.4, -0.2) is 20.2 Å². The van der Waals surface area contributed by atoms with Gasteiger partial charge in [-0.1, -0.05) is 11.6 Å². The molecule has 2 aromatic rings. The lowest BCUT2D eigenvalue weighted by Gasteiger charge is -2.39. The van der Waals surface area contributed by atoms with Gasteiger partial charge in [0, 0.05) is 18.9 Å². The molecular formula is C12H13ClFN3. The lowest BCUT2D eigenvalue weighted by molar-refractivity contribution is 0.0328. The van der Waals surface area contributed by atoms with Crippen LogP contribution in [0.5, 0.6) is 0 Å². The Hall–Kier alpha value is -1.16. The number of hydrogen-bond acceptors (Lipinski definition) is 2. The summed E-state index contributed by atoms with van der Waals surface area (Å²) in [5, 5.41) is 0.445. The Bertz CT molecular complexity index is 583. The highest BCUT2D eigenvalue weighted by atomic mass is 35.5. The fourth-order valence-electron chi connectivity index (χ4n) is 2.61. The summed E-state index contributed by atoms with van der Waals surface area (Å²) < 4.78 is 15.6. The molecule has 0 aromatic carbocycles. The highest BCUT2D eigenvalue weighted by molar-refractivity contribution is 6.29. The van der Waals surface area contributed by atoms with E-state index >= 15 is 0 Å². The Morgan fingerprint density at radius 2 is 2.12 bits per heavy atom. The molecule has 0 N–H and O–H groups in total. The number of nitrogens with zero attached hydrogens (tertiary/aromatic N) is 3. The standard InChI is InChI=1S/C12H13ClFN3/c1-7-15-9-3-4-10(13)16-11(9)17(7)8-5-12(2,14)6-8/h3-4,8H,5-6H2,1-2H3. The van der Waals surface area contributed by atoms with Crippen LogP contribution < -0.4 is 0 Å². The Labute approximate surface area is 104 Å². The van der Waals surface area contributed by atoms with Crippen LogP contribution in [-0.2, 0) is 0 Å². The number of fused-ring (bicyclic) bond motifs is 1. The van der Waals surface area contributed by atoms with E-state index in [1.165, 1.54) is 0 Å². The van der Waals surface area contributed by atoms with E-state index in [4.69, 9.17) is 11.6 Å². The van der Waals surface area contributed by atoms with Crippen LogP contribution in [0.2, 0.25) is 5.15 Å². The zero-order valence-corrected chi connectivity index (χ0v) is 10.5. The molecule has 0 aliphatic heterocycles. The van der Waals surface area contributed by atoms with Crippen molar-refractivity contribution < 1.29 is 4.39 Å². The van der Waals surface area contributed by atoms with Gasteiger partial charge in [-0.2, -0.15) is 0 Å². The molecule has 0 atom stereocenters. The smallest absolute Gasteiger partial charge is 0.161 e. The Kier molecular flexibility index (Phi) is 2.20.